The first-order valence-corrected chi connectivity index (χ1v) is 7.98. The first-order valence-electron chi connectivity index (χ1n) is 7.16. The highest BCUT2D eigenvalue weighted by Crippen LogP contribution is 2.21. The van der Waals surface area contributed by atoms with Crippen molar-refractivity contribution in [2.24, 2.45) is 5.73 Å². The monoisotopic (exact) mass is 290 g/mol. The Balaban J connectivity index is 1.94. The minimum absolute atomic E-state index is 0.584. The van der Waals surface area contributed by atoms with E-state index in [0.717, 1.165) is 35.7 Å². The summed E-state index contributed by atoms with van der Waals surface area (Å²) in [7, 11) is 0. The van der Waals surface area contributed by atoms with Crippen LogP contribution < -0.4 is 10.5 Å². The van der Waals surface area contributed by atoms with E-state index in [9.17, 15) is 0 Å². The molecule has 2 rings (SSSR count). The maximum absolute atomic E-state index is 5.88. The number of aryl methyl sites for hydroxylation is 2. The van der Waals surface area contributed by atoms with E-state index in [1.165, 1.54) is 10.4 Å². The summed E-state index contributed by atoms with van der Waals surface area (Å²) in [6.07, 6.45) is 2.78. The highest BCUT2D eigenvalue weighted by Gasteiger charge is 2.08. The average Bonchev–Trinajstić information content (AvgIpc) is 2.90. The first kappa shape index (κ1) is 15.0. The van der Waals surface area contributed by atoms with E-state index in [-0.39, 0.29) is 0 Å². The first-order chi connectivity index (χ1) is 9.78. The van der Waals surface area contributed by atoms with Crippen molar-refractivity contribution in [3.63, 3.8) is 0 Å². The summed E-state index contributed by atoms with van der Waals surface area (Å²) in [5, 5.41) is 1.12. The zero-order chi connectivity index (χ0) is 14.4. The number of rotatable bonds is 7. The summed E-state index contributed by atoms with van der Waals surface area (Å²) >= 11 is 1.71. The van der Waals surface area contributed by atoms with Gasteiger partial charge in [0.05, 0.1) is 17.3 Å². The summed E-state index contributed by atoms with van der Waals surface area (Å²) in [4.78, 5) is 5.84. The van der Waals surface area contributed by atoms with Crippen molar-refractivity contribution in [2.75, 3.05) is 6.61 Å². The SMILES string of the molecule is CCc1ccccc1OCCc1nc(CC)c(CN)s1. The lowest BCUT2D eigenvalue weighted by molar-refractivity contribution is 0.318. The van der Waals surface area contributed by atoms with Crippen LogP contribution in [0.25, 0.3) is 0 Å². The average molecular weight is 290 g/mol. The molecular formula is C16H22N2OS. The molecule has 0 radical (unpaired) electrons. The molecule has 2 aromatic rings. The zero-order valence-electron chi connectivity index (χ0n) is 12.2. The Kier molecular flexibility index (Phi) is 5.56. The van der Waals surface area contributed by atoms with Crippen molar-refractivity contribution in [1.29, 1.82) is 0 Å². The van der Waals surface area contributed by atoms with E-state index >= 15 is 0 Å². The van der Waals surface area contributed by atoms with Gasteiger partial charge in [-0.1, -0.05) is 32.0 Å². The molecule has 0 saturated carbocycles. The number of thiazole rings is 1. The highest BCUT2D eigenvalue weighted by molar-refractivity contribution is 7.11. The third-order valence-electron chi connectivity index (χ3n) is 3.27. The Hall–Kier alpha value is -1.39. The normalized spacial score (nSPS) is 10.8. The molecular weight excluding hydrogens is 268 g/mol. The largest absolute Gasteiger partial charge is 0.493 e. The Morgan fingerprint density at radius 2 is 2.00 bits per heavy atom. The number of benzene rings is 1. The van der Waals surface area contributed by atoms with Gasteiger partial charge in [-0.25, -0.2) is 4.98 Å². The fraction of sp³-hybridized carbons (Fsp3) is 0.438. The van der Waals surface area contributed by atoms with Crippen LogP contribution in [0.4, 0.5) is 0 Å². The van der Waals surface area contributed by atoms with Crippen LogP contribution in [0.3, 0.4) is 0 Å². The number of hydrogen-bond donors (Lipinski definition) is 1. The van der Waals surface area contributed by atoms with Crippen molar-refractivity contribution >= 4 is 11.3 Å². The van der Waals surface area contributed by atoms with Crippen molar-refractivity contribution in [3.05, 3.63) is 45.4 Å². The molecule has 0 amide bonds. The standard InChI is InChI=1S/C16H22N2OS/c1-3-12-7-5-6-8-14(12)19-10-9-16-18-13(4-2)15(11-17)20-16/h5-8H,3-4,9-11,17H2,1-2H3. The van der Waals surface area contributed by atoms with Gasteiger partial charge < -0.3 is 10.5 Å². The van der Waals surface area contributed by atoms with Gasteiger partial charge in [0.2, 0.25) is 0 Å². The smallest absolute Gasteiger partial charge is 0.122 e. The molecule has 1 heterocycles. The third-order valence-corrected chi connectivity index (χ3v) is 4.45. The van der Waals surface area contributed by atoms with Gasteiger partial charge in [-0.15, -0.1) is 11.3 Å². The van der Waals surface area contributed by atoms with Gasteiger partial charge in [-0.2, -0.15) is 0 Å². The Labute approximate surface area is 124 Å². The minimum atomic E-state index is 0.584. The van der Waals surface area contributed by atoms with E-state index in [1.807, 2.05) is 18.2 Å². The molecule has 0 unspecified atom stereocenters. The van der Waals surface area contributed by atoms with Crippen LogP contribution >= 0.6 is 11.3 Å². The van der Waals surface area contributed by atoms with Gasteiger partial charge in [-0.3, -0.25) is 0 Å². The number of nitrogens with two attached hydrogens (primary N) is 1. The molecule has 0 aliphatic carbocycles. The van der Waals surface area contributed by atoms with Gasteiger partial charge in [0, 0.05) is 17.8 Å². The molecule has 2 N–H and O–H groups in total. The number of ether oxygens (including phenoxy) is 1. The van der Waals surface area contributed by atoms with Gasteiger partial charge in [0.25, 0.3) is 0 Å². The quantitative estimate of drug-likeness (QED) is 0.850. The molecule has 0 saturated heterocycles. The van der Waals surface area contributed by atoms with E-state index in [1.54, 1.807) is 11.3 Å². The van der Waals surface area contributed by atoms with Crippen molar-refractivity contribution < 1.29 is 4.74 Å². The van der Waals surface area contributed by atoms with Crippen molar-refractivity contribution in [3.8, 4) is 5.75 Å². The summed E-state index contributed by atoms with van der Waals surface area (Å²) in [6, 6.07) is 8.21. The maximum atomic E-state index is 5.88. The molecule has 1 aromatic heterocycles. The van der Waals surface area contributed by atoms with Crippen LogP contribution in [-0.4, -0.2) is 11.6 Å². The third kappa shape index (κ3) is 3.58. The van der Waals surface area contributed by atoms with Crippen LogP contribution in [0.15, 0.2) is 24.3 Å². The van der Waals surface area contributed by atoms with E-state index in [4.69, 9.17) is 10.5 Å². The molecule has 3 nitrogen and oxygen atoms in total. The molecule has 20 heavy (non-hydrogen) atoms. The number of aromatic nitrogens is 1. The van der Waals surface area contributed by atoms with Crippen LogP contribution in [0.2, 0.25) is 0 Å². The number of para-hydroxylation sites is 1. The molecule has 0 spiro atoms. The summed E-state index contributed by atoms with van der Waals surface area (Å²) in [6.45, 7) is 5.51. The number of hydrogen-bond acceptors (Lipinski definition) is 4. The Bertz CT molecular complexity index is 530. The van der Waals surface area contributed by atoms with Gasteiger partial charge >= 0.3 is 0 Å². The summed E-state index contributed by atoms with van der Waals surface area (Å²) in [5.74, 6) is 0.987. The lowest BCUT2D eigenvalue weighted by Gasteiger charge is -2.09. The zero-order valence-corrected chi connectivity index (χ0v) is 13.0. The minimum Gasteiger partial charge on any atom is -0.493 e. The van der Waals surface area contributed by atoms with Crippen LogP contribution in [0, 0.1) is 0 Å². The second-order valence-corrected chi connectivity index (χ2v) is 5.76. The molecule has 0 fully saturated rings. The maximum Gasteiger partial charge on any atom is 0.122 e. The molecule has 4 heteroatoms. The van der Waals surface area contributed by atoms with Crippen molar-refractivity contribution in [2.45, 2.75) is 39.7 Å². The lowest BCUT2D eigenvalue weighted by Crippen LogP contribution is -2.03. The van der Waals surface area contributed by atoms with Crippen LogP contribution in [0.5, 0.6) is 5.75 Å². The predicted molar refractivity (Wildman–Crippen MR) is 84.4 cm³/mol. The number of nitrogens with zero attached hydrogens (tertiary/aromatic N) is 1. The fourth-order valence-corrected chi connectivity index (χ4v) is 3.18. The Morgan fingerprint density at radius 3 is 2.65 bits per heavy atom. The molecule has 0 bridgehead atoms. The fourth-order valence-electron chi connectivity index (χ4n) is 2.16. The second-order valence-electron chi connectivity index (χ2n) is 4.59. The van der Waals surface area contributed by atoms with E-state index in [0.29, 0.717) is 13.2 Å². The van der Waals surface area contributed by atoms with Gasteiger partial charge in [0.1, 0.15) is 5.75 Å². The van der Waals surface area contributed by atoms with E-state index < -0.39 is 0 Å². The topological polar surface area (TPSA) is 48.1 Å². The molecule has 0 aliphatic heterocycles. The molecule has 0 atom stereocenters. The highest BCUT2D eigenvalue weighted by atomic mass is 32.1. The molecule has 1 aromatic carbocycles. The summed E-state index contributed by atoms with van der Waals surface area (Å²) in [5.41, 5.74) is 8.13. The predicted octanol–water partition coefficient (Wildman–Crippen LogP) is 3.35. The molecule has 0 aliphatic rings. The van der Waals surface area contributed by atoms with Crippen molar-refractivity contribution in [1.82, 2.24) is 4.98 Å². The summed E-state index contributed by atoms with van der Waals surface area (Å²) < 4.78 is 5.88. The second kappa shape index (κ2) is 7.41. The van der Waals surface area contributed by atoms with Crippen LogP contribution in [0.1, 0.15) is 35.0 Å². The van der Waals surface area contributed by atoms with E-state index in [2.05, 4.69) is 24.9 Å². The van der Waals surface area contributed by atoms with Crippen LogP contribution in [-0.2, 0) is 25.8 Å². The lowest BCUT2D eigenvalue weighted by atomic mass is 10.1. The molecule has 108 valence electrons. The Morgan fingerprint density at radius 1 is 1.20 bits per heavy atom. The van der Waals surface area contributed by atoms with Gasteiger partial charge in [0.15, 0.2) is 0 Å². The van der Waals surface area contributed by atoms with Gasteiger partial charge in [-0.05, 0) is 24.5 Å².